The average Bonchev–Trinajstić information content (AvgIpc) is 2.47. The van der Waals surface area contributed by atoms with Gasteiger partial charge in [-0.15, -0.1) is 0 Å². The molecule has 2 N–H and O–H groups in total. The van der Waals surface area contributed by atoms with E-state index in [9.17, 15) is 19.1 Å². The van der Waals surface area contributed by atoms with Crippen LogP contribution in [0, 0.1) is 5.82 Å². The molecule has 5 heteroatoms. The van der Waals surface area contributed by atoms with Gasteiger partial charge in [0.15, 0.2) is 0 Å². The Balaban J connectivity index is 2.00. The minimum absolute atomic E-state index is 0.0148. The van der Waals surface area contributed by atoms with Crippen molar-refractivity contribution >= 4 is 17.9 Å². The lowest BCUT2D eigenvalue weighted by molar-refractivity contribution is -0.115. The molecule has 21 heavy (non-hydrogen) atoms. The molecule has 106 valence electrons. The molecule has 0 unspecified atom stereocenters. The number of phenolic OH excluding ortho intramolecular Hbond substituents is 1. The highest BCUT2D eigenvalue weighted by Crippen LogP contribution is 2.14. The third-order valence-electron chi connectivity index (χ3n) is 2.68. The van der Waals surface area contributed by atoms with Crippen LogP contribution in [0.4, 0.5) is 4.39 Å². The second kappa shape index (κ2) is 6.47. The predicted molar refractivity (Wildman–Crippen MR) is 76.0 cm³/mol. The normalized spacial score (nSPS) is 10.5. The fourth-order valence-electron chi connectivity index (χ4n) is 1.63. The topological polar surface area (TPSA) is 66.4 Å². The van der Waals surface area contributed by atoms with E-state index >= 15 is 0 Å². The molecular weight excluding hydrogens is 273 g/mol. The molecule has 2 amide bonds. The number of imide groups is 1. The van der Waals surface area contributed by atoms with E-state index in [-0.39, 0.29) is 17.1 Å². The summed E-state index contributed by atoms with van der Waals surface area (Å²) in [6, 6.07) is 11.5. The van der Waals surface area contributed by atoms with Gasteiger partial charge in [-0.3, -0.25) is 14.9 Å². The molecule has 2 aromatic rings. The van der Waals surface area contributed by atoms with E-state index in [1.165, 1.54) is 42.5 Å². The van der Waals surface area contributed by atoms with E-state index in [2.05, 4.69) is 5.32 Å². The van der Waals surface area contributed by atoms with E-state index in [1.54, 1.807) is 12.1 Å². The number of hydrogen-bond acceptors (Lipinski definition) is 3. The van der Waals surface area contributed by atoms with Crippen LogP contribution in [-0.2, 0) is 4.79 Å². The molecule has 0 aliphatic heterocycles. The first-order valence-corrected chi connectivity index (χ1v) is 6.13. The van der Waals surface area contributed by atoms with Gasteiger partial charge in [0, 0.05) is 6.08 Å². The first kappa shape index (κ1) is 14.5. The number of amides is 2. The Morgan fingerprint density at radius 3 is 2.38 bits per heavy atom. The van der Waals surface area contributed by atoms with Crippen molar-refractivity contribution in [3.05, 3.63) is 71.6 Å². The molecule has 0 fully saturated rings. The fraction of sp³-hybridized carbons (Fsp3) is 0. The molecule has 0 saturated carbocycles. The number of hydrogen-bond donors (Lipinski definition) is 2. The Bertz CT molecular complexity index is 693. The second-order valence-electron chi connectivity index (χ2n) is 4.22. The van der Waals surface area contributed by atoms with Gasteiger partial charge in [0.2, 0.25) is 0 Å². The molecule has 0 spiro atoms. The molecule has 4 nitrogen and oxygen atoms in total. The van der Waals surface area contributed by atoms with Gasteiger partial charge >= 0.3 is 0 Å². The van der Waals surface area contributed by atoms with Crippen LogP contribution < -0.4 is 5.32 Å². The van der Waals surface area contributed by atoms with E-state index in [0.29, 0.717) is 5.56 Å². The molecule has 0 aliphatic carbocycles. The monoisotopic (exact) mass is 285 g/mol. The fourth-order valence-corrected chi connectivity index (χ4v) is 1.63. The van der Waals surface area contributed by atoms with E-state index in [4.69, 9.17) is 0 Å². The van der Waals surface area contributed by atoms with Crippen molar-refractivity contribution in [1.82, 2.24) is 5.32 Å². The third kappa shape index (κ3) is 4.01. The number of carbonyl (C=O) groups excluding carboxylic acids is 2. The van der Waals surface area contributed by atoms with Crippen molar-refractivity contribution in [2.24, 2.45) is 0 Å². The van der Waals surface area contributed by atoms with Crippen LogP contribution >= 0.6 is 0 Å². The number of para-hydroxylation sites is 1. The lowest BCUT2D eigenvalue weighted by atomic mass is 10.2. The van der Waals surface area contributed by atoms with Crippen molar-refractivity contribution in [3.63, 3.8) is 0 Å². The highest BCUT2D eigenvalue weighted by molar-refractivity contribution is 6.10. The quantitative estimate of drug-likeness (QED) is 0.851. The van der Waals surface area contributed by atoms with Crippen molar-refractivity contribution in [2.75, 3.05) is 0 Å². The molecule has 0 aliphatic rings. The highest BCUT2D eigenvalue weighted by Gasteiger charge is 2.11. The molecule has 0 aromatic heterocycles. The smallest absolute Gasteiger partial charge is 0.261 e. The Morgan fingerprint density at radius 2 is 1.71 bits per heavy atom. The number of aromatic hydroxyl groups is 1. The van der Waals surface area contributed by atoms with Crippen LogP contribution in [0.2, 0.25) is 0 Å². The summed E-state index contributed by atoms with van der Waals surface area (Å²) in [6.07, 6.45) is 2.61. The molecule has 0 saturated heterocycles. The summed E-state index contributed by atoms with van der Waals surface area (Å²) in [5, 5.41) is 11.6. The van der Waals surface area contributed by atoms with E-state index in [0.717, 1.165) is 6.08 Å². The predicted octanol–water partition coefficient (Wildman–Crippen LogP) is 2.50. The summed E-state index contributed by atoms with van der Waals surface area (Å²) in [6.45, 7) is 0. The maximum atomic E-state index is 12.7. The van der Waals surface area contributed by atoms with Gasteiger partial charge in [0.1, 0.15) is 11.6 Å². The Morgan fingerprint density at radius 1 is 1.05 bits per heavy atom. The van der Waals surface area contributed by atoms with Gasteiger partial charge in [0.05, 0.1) is 5.56 Å². The summed E-state index contributed by atoms with van der Waals surface area (Å²) in [4.78, 5) is 23.4. The van der Waals surface area contributed by atoms with Crippen molar-refractivity contribution in [1.29, 1.82) is 0 Å². The SMILES string of the molecule is O=C(/C=C/c1ccc(F)cc1)NC(=O)c1ccccc1O. The van der Waals surface area contributed by atoms with Crippen LogP contribution in [0.3, 0.4) is 0 Å². The maximum absolute atomic E-state index is 12.7. The molecule has 0 heterocycles. The van der Waals surface area contributed by atoms with Gasteiger partial charge in [-0.05, 0) is 35.9 Å². The number of rotatable bonds is 3. The molecule has 2 aromatic carbocycles. The first-order chi connectivity index (χ1) is 10.1. The van der Waals surface area contributed by atoms with Crippen molar-refractivity contribution in [2.45, 2.75) is 0 Å². The zero-order valence-electron chi connectivity index (χ0n) is 10.9. The molecule has 0 radical (unpaired) electrons. The molecular formula is C16H12FNO3. The summed E-state index contributed by atoms with van der Waals surface area (Å²) in [5.74, 6) is -1.90. The van der Waals surface area contributed by atoms with Gasteiger partial charge in [-0.2, -0.15) is 0 Å². The van der Waals surface area contributed by atoms with Crippen LogP contribution in [0.1, 0.15) is 15.9 Å². The first-order valence-electron chi connectivity index (χ1n) is 6.13. The summed E-state index contributed by atoms with van der Waals surface area (Å²) >= 11 is 0. The highest BCUT2D eigenvalue weighted by atomic mass is 19.1. The van der Waals surface area contributed by atoms with Crippen LogP contribution in [-0.4, -0.2) is 16.9 Å². The third-order valence-corrected chi connectivity index (χ3v) is 2.68. The van der Waals surface area contributed by atoms with Crippen LogP contribution in [0.15, 0.2) is 54.6 Å². The minimum atomic E-state index is -0.693. The van der Waals surface area contributed by atoms with Crippen molar-refractivity contribution in [3.8, 4) is 5.75 Å². The number of nitrogens with one attached hydrogen (secondary N) is 1. The lowest BCUT2D eigenvalue weighted by Gasteiger charge is -2.03. The van der Waals surface area contributed by atoms with Gasteiger partial charge in [-0.25, -0.2) is 4.39 Å². The Kier molecular flexibility index (Phi) is 4.46. The van der Waals surface area contributed by atoms with Gasteiger partial charge < -0.3 is 5.11 Å². The Labute approximate surface area is 120 Å². The zero-order valence-corrected chi connectivity index (χ0v) is 10.9. The zero-order chi connectivity index (χ0) is 15.2. The lowest BCUT2D eigenvalue weighted by Crippen LogP contribution is -2.28. The van der Waals surface area contributed by atoms with Gasteiger partial charge in [0.25, 0.3) is 11.8 Å². The minimum Gasteiger partial charge on any atom is -0.507 e. The van der Waals surface area contributed by atoms with Crippen LogP contribution in [0.25, 0.3) is 6.08 Å². The number of halogens is 1. The summed E-state index contributed by atoms with van der Waals surface area (Å²) < 4.78 is 12.7. The Hall–Kier alpha value is -2.95. The molecule has 0 bridgehead atoms. The summed E-state index contributed by atoms with van der Waals surface area (Å²) in [5.41, 5.74) is 0.641. The maximum Gasteiger partial charge on any atom is 0.261 e. The average molecular weight is 285 g/mol. The molecule has 0 atom stereocenters. The van der Waals surface area contributed by atoms with Gasteiger partial charge in [-0.1, -0.05) is 24.3 Å². The number of phenols is 1. The van der Waals surface area contributed by atoms with Crippen molar-refractivity contribution < 1.29 is 19.1 Å². The number of carbonyl (C=O) groups is 2. The second-order valence-corrected chi connectivity index (χ2v) is 4.22. The standard InChI is InChI=1S/C16H12FNO3/c17-12-8-5-11(6-9-12)7-10-15(20)18-16(21)13-3-1-2-4-14(13)19/h1-10,19H,(H,18,20,21)/b10-7+. The van der Waals surface area contributed by atoms with Crippen LogP contribution in [0.5, 0.6) is 5.75 Å². The molecule has 2 rings (SSSR count). The summed E-state index contributed by atoms with van der Waals surface area (Å²) in [7, 11) is 0. The largest absolute Gasteiger partial charge is 0.507 e. The van der Waals surface area contributed by atoms with E-state index in [1.807, 2.05) is 0 Å². The number of benzene rings is 2. The van der Waals surface area contributed by atoms with E-state index < -0.39 is 11.8 Å².